The maximum atomic E-state index is 13.1. The summed E-state index contributed by atoms with van der Waals surface area (Å²) in [6.07, 6.45) is -5.89. The number of para-hydroxylation sites is 1. The summed E-state index contributed by atoms with van der Waals surface area (Å²) in [6, 6.07) is 14.1. The van der Waals surface area contributed by atoms with E-state index in [0.29, 0.717) is 21.3 Å². The molecule has 10 heteroatoms. The number of carbonyl (C=O) groups is 1. The molecule has 142 valence electrons. The normalized spacial score (nSPS) is 10.9. The van der Waals surface area contributed by atoms with E-state index in [-0.39, 0.29) is 5.69 Å². The molecule has 0 unspecified atom stereocenters. The molecule has 1 aromatic heterocycles. The summed E-state index contributed by atoms with van der Waals surface area (Å²) >= 11 is 12.1. The maximum absolute atomic E-state index is 13.1. The molecule has 2 aromatic carbocycles. The third-order valence-electron chi connectivity index (χ3n) is 3.20. The average Bonchev–Trinajstić information content (AvgIpc) is 3.03. The Bertz CT molecular complexity index is 940. The molecule has 0 aliphatic rings. The van der Waals surface area contributed by atoms with Crippen LogP contribution in [0.2, 0.25) is 10.0 Å². The number of benzene rings is 2. The number of hydrogen-bond donors (Lipinski definition) is 2. The van der Waals surface area contributed by atoms with E-state index >= 15 is 0 Å². The van der Waals surface area contributed by atoms with E-state index in [9.17, 15) is 13.2 Å². The van der Waals surface area contributed by atoms with Gasteiger partial charge < -0.3 is 10.8 Å². The first kappa shape index (κ1) is 20.6. The lowest BCUT2D eigenvalue weighted by molar-refractivity contribution is -0.141. The van der Waals surface area contributed by atoms with Crippen LogP contribution in [0.3, 0.4) is 0 Å². The van der Waals surface area contributed by atoms with Gasteiger partial charge >= 0.3 is 12.3 Å². The highest BCUT2D eigenvalue weighted by Crippen LogP contribution is 2.36. The second kappa shape index (κ2) is 8.32. The quantitative estimate of drug-likeness (QED) is 0.578. The van der Waals surface area contributed by atoms with E-state index in [0.717, 1.165) is 6.07 Å². The zero-order chi connectivity index (χ0) is 20.2. The molecule has 0 bridgehead atoms. The van der Waals surface area contributed by atoms with Gasteiger partial charge in [0.15, 0.2) is 5.69 Å². The molecular formula is C17H12Cl2F3N3O2. The van der Waals surface area contributed by atoms with Crippen molar-refractivity contribution < 1.29 is 23.1 Å². The van der Waals surface area contributed by atoms with Crippen molar-refractivity contribution >= 4 is 29.3 Å². The smallest absolute Gasteiger partial charge is 0.435 e. The predicted molar refractivity (Wildman–Crippen MR) is 96.2 cm³/mol. The van der Waals surface area contributed by atoms with E-state index in [4.69, 9.17) is 33.1 Å². The second-order valence-corrected chi connectivity index (χ2v) is 5.97. The first-order valence-electron chi connectivity index (χ1n) is 7.26. The number of hydrogen-bond acceptors (Lipinski definition) is 2. The van der Waals surface area contributed by atoms with Gasteiger partial charge in [0.2, 0.25) is 0 Å². The molecule has 5 nitrogen and oxygen atoms in total. The fourth-order valence-corrected chi connectivity index (χ4v) is 2.56. The van der Waals surface area contributed by atoms with Crippen LogP contribution in [0.4, 0.5) is 18.0 Å². The van der Waals surface area contributed by atoms with Crippen LogP contribution < -0.4 is 5.73 Å². The van der Waals surface area contributed by atoms with E-state index in [1.807, 2.05) is 0 Å². The minimum absolute atomic E-state index is 0.219. The zero-order valence-corrected chi connectivity index (χ0v) is 14.9. The zero-order valence-electron chi connectivity index (χ0n) is 13.4. The Balaban J connectivity index is 0.000000596. The number of primary amides is 1. The molecule has 0 aliphatic carbocycles. The van der Waals surface area contributed by atoms with Crippen molar-refractivity contribution in [3.63, 3.8) is 0 Å². The third-order valence-corrected chi connectivity index (χ3v) is 3.77. The molecule has 0 spiro atoms. The highest BCUT2D eigenvalue weighted by molar-refractivity contribution is 6.35. The Morgan fingerprint density at radius 3 is 2.22 bits per heavy atom. The summed E-state index contributed by atoms with van der Waals surface area (Å²) in [5, 5.41) is 11.5. The van der Waals surface area contributed by atoms with Crippen LogP contribution in [-0.4, -0.2) is 21.0 Å². The number of rotatable bonds is 2. The van der Waals surface area contributed by atoms with Crippen molar-refractivity contribution in [3.8, 4) is 16.9 Å². The van der Waals surface area contributed by atoms with Crippen LogP contribution in [-0.2, 0) is 6.18 Å². The van der Waals surface area contributed by atoms with Gasteiger partial charge in [-0.25, -0.2) is 9.48 Å². The number of carboxylic acid groups (broad SMARTS) is 1. The summed E-state index contributed by atoms with van der Waals surface area (Å²) < 4.78 is 40.4. The van der Waals surface area contributed by atoms with Crippen molar-refractivity contribution in [3.05, 3.63) is 70.3 Å². The number of nitrogens with zero attached hydrogens (tertiary/aromatic N) is 2. The maximum Gasteiger partial charge on any atom is 0.435 e. The van der Waals surface area contributed by atoms with Crippen molar-refractivity contribution in [2.24, 2.45) is 5.73 Å². The Morgan fingerprint density at radius 1 is 1.07 bits per heavy atom. The van der Waals surface area contributed by atoms with Crippen molar-refractivity contribution in [1.82, 2.24) is 9.78 Å². The van der Waals surface area contributed by atoms with Crippen LogP contribution in [0.5, 0.6) is 0 Å². The fraction of sp³-hybridized carbons (Fsp3) is 0.0588. The van der Waals surface area contributed by atoms with Crippen LogP contribution in [0.15, 0.2) is 54.6 Å². The average molecular weight is 418 g/mol. The minimum Gasteiger partial charge on any atom is -0.465 e. The Kier molecular flexibility index (Phi) is 6.35. The second-order valence-electron chi connectivity index (χ2n) is 5.12. The summed E-state index contributed by atoms with van der Waals surface area (Å²) in [5.41, 5.74) is 4.13. The summed E-state index contributed by atoms with van der Waals surface area (Å²) in [5.74, 6) is 0. The number of alkyl halides is 3. The summed E-state index contributed by atoms with van der Waals surface area (Å²) in [7, 11) is 0. The molecule has 0 fully saturated rings. The number of halogens is 5. The Hall–Kier alpha value is -2.71. The molecule has 3 aromatic rings. The molecule has 0 aliphatic heterocycles. The standard InChI is InChI=1S/C16H9Cl2F3N2.CH3NO2/c17-10-6-7-13(18)12(8-10)14-9-15(16(19,20)21)22-23(14)11-4-2-1-3-5-11;2-1(3)4/h1-9H;2H2,(H,3,4). The van der Waals surface area contributed by atoms with Gasteiger partial charge in [-0.2, -0.15) is 18.3 Å². The molecule has 3 N–H and O–H groups in total. The van der Waals surface area contributed by atoms with Crippen molar-refractivity contribution in [2.75, 3.05) is 0 Å². The molecule has 0 saturated carbocycles. The molecular weight excluding hydrogens is 406 g/mol. The first-order valence-corrected chi connectivity index (χ1v) is 8.01. The highest BCUT2D eigenvalue weighted by atomic mass is 35.5. The lowest BCUT2D eigenvalue weighted by Crippen LogP contribution is -2.07. The van der Waals surface area contributed by atoms with Gasteiger partial charge in [0.25, 0.3) is 0 Å². The van der Waals surface area contributed by atoms with Crippen LogP contribution in [0, 0.1) is 0 Å². The lowest BCUT2D eigenvalue weighted by Gasteiger charge is -2.09. The molecule has 0 saturated heterocycles. The minimum atomic E-state index is -4.56. The molecule has 3 rings (SSSR count). The third kappa shape index (κ3) is 5.38. The topological polar surface area (TPSA) is 81.1 Å². The Morgan fingerprint density at radius 2 is 1.67 bits per heavy atom. The van der Waals surface area contributed by atoms with Gasteiger partial charge in [0.05, 0.1) is 16.4 Å². The highest BCUT2D eigenvalue weighted by Gasteiger charge is 2.35. The predicted octanol–water partition coefficient (Wildman–Crippen LogP) is 5.49. The van der Waals surface area contributed by atoms with Crippen LogP contribution >= 0.6 is 23.2 Å². The van der Waals surface area contributed by atoms with Crippen molar-refractivity contribution in [2.45, 2.75) is 6.18 Å². The SMILES string of the molecule is FC(F)(F)c1cc(-c2cc(Cl)ccc2Cl)n(-c2ccccc2)n1.NC(=O)O. The summed E-state index contributed by atoms with van der Waals surface area (Å²) in [4.78, 5) is 8.78. The van der Waals surface area contributed by atoms with Crippen LogP contribution in [0.25, 0.3) is 16.9 Å². The van der Waals surface area contributed by atoms with E-state index in [1.165, 1.54) is 16.8 Å². The van der Waals surface area contributed by atoms with Gasteiger partial charge in [-0.05, 0) is 36.4 Å². The number of nitrogens with two attached hydrogens (primary N) is 1. The summed E-state index contributed by atoms with van der Waals surface area (Å²) in [6.45, 7) is 0. The van der Waals surface area contributed by atoms with Crippen molar-refractivity contribution in [1.29, 1.82) is 0 Å². The molecule has 0 radical (unpaired) electrons. The van der Waals surface area contributed by atoms with Gasteiger partial charge in [-0.3, -0.25) is 0 Å². The molecule has 27 heavy (non-hydrogen) atoms. The lowest BCUT2D eigenvalue weighted by atomic mass is 10.1. The van der Waals surface area contributed by atoms with E-state index in [2.05, 4.69) is 10.8 Å². The number of aromatic nitrogens is 2. The fourth-order valence-electron chi connectivity index (χ4n) is 2.17. The van der Waals surface area contributed by atoms with Gasteiger partial charge in [-0.15, -0.1) is 0 Å². The van der Waals surface area contributed by atoms with Gasteiger partial charge in [-0.1, -0.05) is 41.4 Å². The molecule has 1 heterocycles. The Labute approximate surface area is 161 Å². The van der Waals surface area contributed by atoms with E-state index < -0.39 is 18.0 Å². The van der Waals surface area contributed by atoms with Gasteiger partial charge in [0, 0.05) is 10.6 Å². The largest absolute Gasteiger partial charge is 0.465 e. The monoisotopic (exact) mass is 417 g/mol. The number of amides is 1. The molecule has 0 atom stereocenters. The molecule has 1 amide bonds. The van der Waals surface area contributed by atoms with E-state index in [1.54, 1.807) is 36.4 Å². The first-order chi connectivity index (χ1) is 12.6. The van der Waals surface area contributed by atoms with Crippen LogP contribution in [0.1, 0.15) is 5.69 Å². The van der Waals surface area contributed by atoms with Gasteiger partial charge in [0.1, 0.15) is 0 Å².